The highest BCUT2D eigenvalue weighted by molar-refractivity contribution is 5.77. The number of alkyl carbamates (subject to hydrolysis) is 1. The molecule has 156 valence electrons. The van der Waals surface area contributed by atoms with Crippen LogP contribution in [0, 0.1) is 5.41 Å². The minimum Gasteiger partial charge on any atom is -0.447 e. The number of cyclic esters (lactones) is 1. The molecule has 2 amide bonds. The fraction of sp³-hybridized carbons (Fsp3) is 0.650. The summed E-state index contributed by atoms with van der Waals surface area (Å²) in [4.78, 5) is 31.7. The number of amides is 2. The maximum atomic E-state index is 13.1. The molecule has 0 bridgehead atoms. The number of pyridine rings is 1. The molecule has 7 nitrogen and oxygen atoms in total. The lowest BCUT2D eigenvalue weighted by atomic mass is 9.61. The van der Waals surface area contributed by atoms with Gasteiger partial charge in [-0.3, -0.25) is 4.79 Å². The number of carbonyl (C=O) groups is 2. The van der Waals surface area contributed by atoms with E-state index in [0.29, 0.717) is 45.6 Å². The lowest BCUT2D eigenvalue weighted by Crippen LogP contribution is -2.66. The largest absolute Gasteiger partial charge is 0.447 e. The number of carbonyl (C=O) groups excluding carboxylic acids is 2. The maximum absolute atomic E-state index is 13.1. The highest BCUT2D eigenvalue weighted by atomic mass is 19.3. The Morgan fingerprint density at radius 1 is 1.28 bits per heavy atom. The van der Waals surface area contributed by atoms with Crippen LogP contribution in [-0.2, 0) is 9.53 Å². The topological polar surface area (TPSA) is 74.8 Å². The van der Waals surface area contributed by atoms with Gasteiger partial charge in [0.2, 0.25) is 11.8 Å². The Labute approximate surface area is 167 Å². The van der Waals surface area contributed by atoms with Crippen molar-refractivity contribution in [3.63, 3.8) is 0 Å². The Balaban J connectivity index is 1.06. The van der Waals surface area contributed by atoms with Gasteiger partial charge in [0.25, 0.3) is 0 Å². The lowest BCUT2D eigenvalue weighted by Gasteiger charge is -2.59. The minimum absolute atomic E-state index is 0.000657. The Bertz CT molecular complexity index is 810. The first-order valence-electron chi connectivity index (χ1n) is 10.1. The Hall–Kier alpha value is -2.45. The molecule has 9 heteroatoms. The van der Waals surface area contributed by atoms with Crippen molar-refractivity contribution in [1.82, 2.24) is 15.2 Å². The van der Waals surface area contributed by atoms with Crippen LogP contribution in [-0.4, -0.2) is 66.6 Å². The first kappa shape index (κ1) is 18.6. The van der Waals surface area contributed by atoms with E-state index in [1.165, 1.54) is 0 Å². The molecular formula is C20H24F2N4O3. The van der Waals surface area contributed by atoms with E-state index in [9.17, 15) is 18.4 Å². The summed E-state index contributed by atoms with van der Waals surface area (Å²) in [6, 6.07) is 3.90. The van der Waals surface area contributed by atoms with E-state index in [0.717, 1.165) is 11.4 Å². The molecule has 1 spiro atoms. The first-order chi connectivity index (χ1) is 13.8. The van der Waals surface area contributed by atoms with Gasteiger partial charge >= 0.3 is 6.09 Å². The Morgan fingerprint density at radius 2 is 2.03 bits per heavy atom. The van der Waals surface area contributed by atoms with Gasteiger partial charge in [-0.15, -0.1) is 0 Å². The van der Waals surface area contributed by atoms with E-state index < -0.39 is 12.0 Å². The maximum Gasteiger partial charge on any atom is 0.407 e. The van der Waals surface area contributed by atoms with Crippen molar-refractivity contribution in [3.05, 3.63) is 23.9 Å². The number of rotatable bonds is 5. The highest BCUT2D eigenvalue weighted by Crippen LogP contribution is 2.57. The quantitative estimate of drug-likeness (QED) is 0.811. The van der Waals surface area contributed by atoms with E-state index in [1.807, 2.05) is 23.2 Å². The second-order valence-corrected chi connectivity index (χ2v) is 8.99. The molecule has 3 aliphatic heterocycles. The van der Waals surface area contributed by atoms with Crippen molar-refractivity contribution in [1.29, 1.82) is 0 Å². The normalized spacial score (nSPS) is 27.0. The molecule has 4 heterocycles. The lowest BCUT2D eigenvalue weighted by molar-refractivity contribution is -0.170. The third-order valence-corrected chi connectivity index (χ3v) is 6.56. The summed E-state index contributed by atoms with van der Waals surface area (Å²) < 4.78 is 31.1. The van der Waals surface area contributed by atoms with E-state index >= 15 is 0 Å². The van der Waals surface area contributed by atoms with Crippen LogP contribution >= 0.6 is 0 Å². The third kappa shape index (κ3) is 3.51. The molecule has 4 fully saturated rings. The Kier molecular flexibility index (Phi) is 4.18. The summed E-state index contributed by atoms with van der Waals surface area (Å²) in [5, 5.41) is 2.68. The van der Waals surface area contributed by atoms with E-state index in [2.05, 4.69) is 15.2 Å². The van der Waals surface area contributed by atoms with E-state index in [-0.39, 0.29) is 36.1 Å². The summed E-state index contributed by atoms with van der Waals surface area (Å²) in [6.07, 6.45) is 2.41. The third-order valence-electron chi connectivity index (χ3n) is 6.56. The average Bonchev–Trinajstić information content (AvgIpc) is 3.00. The van der Waals surface area contributed by atoms with Crippen molar-refractivity contribution in [2.45, 2.75) is 43.6 Å². The second kappa shape index (κ2) is 6.53. The first-order valence-corrected chi connectivity index (χ1v) is 10.1. The number of hydrogen-bond acceptors (Lipinski definition) is 5. The Morgan fingerprint density at radius 3 is 2.62 bits per heavy atom. The number of alkyl halides is 2. The molecule has 1 aliphatic carbocycles. The van der Waals surface area contributed by atoms with E-state index in [1.54, 1.807) is 0 Å². The fourth-order valence-corrected chi connectivity index (χ4v) is 4.95. The molecule has 3 saturated heterocycles. The molecule has 5 rings (SSSR count). The van der Waals surface area contributed by atoms with Gasteiger partial charge in [-0.1, -0.05) is 6.07 Å². The number of halogens is 2. The van der Waals surface area contributed by atoms with Crippen LogP contribution in [0.5, 0.6) is 0 Å². The molecule has 29 heavy (non-hydrogen) atoms. The van der Waals surface area contributed by atoms with Crippen molar-refractivity contribution in [2.24, 2.45) is 5.41 Å². The van der Waals surface area contributed by atoms with Gasteiger partial charge in [-0.05, 0) is 18.1 Å². The zero-order valence-corrected chi connectivity index (χ0v) is 16.1. The van der Waals surface area contributed by atoms with Crippen LogP contribution < -0.4 is 10.2 Å². The van der Waals surface area contributed by atoms with Crippen LogP contribution in [0.3, 0.4) is 0 Å². The summed E-state index contributed by atoms with van der Waals surface area (Å²) in [6.45, 7) is 3.00. The van der Waals surface area contributed by atoms with Crippen molar-refractivity contribution >= 4 is 17.8 Å². The second-order valence-electron chi connectivity index (χ2n) is 8.99. The number of nitrogens with zero attached hydrogens (tertiary/aromatic N) is 3. The summed E-state index contributed by atoms with van der Waals surface area (Å²) in [5.41, 5.74) is 0.895. The monoisotopic (exact) mass is 406 g/mol. The smallest absolute Gasteiger partial charge is 0.407 e. The average molecular weight is 406 g/mol. The van der Waals surface area contributed by atoms with Crippen molar-refractivity contribution in [3.8, 4) is 0 Å². The predicted octanol–water partition coefficient (Wildman–Crippen LogP) is 2.13. The molecule has 1 saturated carbocycles. The van der Waals surface area contributed by atoms with Gasteiger partial charge < -0.3 is 19.9 Å². The zero-order valence-electron chi connectivity index (χ0n) is 16.1. The molecule has 0 radical (unpaired) electrons. The van der Waals surface area contributed by atoms with Gasteiger partial charge in [0.05, 0.1) is 6.04 Å². The molecule has 1 N–H and O–H groups in total. The van der Waals surface area contributed by atoms with Gasteiger partial charge in [0.1, 0.15) is 12.4 Å². The number of nitrogens with one attached hydrogen (secondary N) is 1. The summed E-state index contributed by atoms with van der Waals surface area (Å²) in [7, 11) is 0. The number of aromatic nitrogens is 1. The molecule has 4 aliphatic rings. The van der Waals surface area contributed by atoms with Gasteiger partial charge in [0.15, 0.2) is 0 Å². The number of hydrogen-bond donors (Lipinski definition) is 1. The fourth-order valence-electron chi connectivity index (χ4n) is 4.95. The van der Waals surface area contributed by atoms with Crippen LogP contribution in [0.15, 0.2) is 18.3 Å². The van der Waals surface area contributed by atoms with Crippen LogP contribution in [0.4, 0.5) is 19.4 Å². The van der Waals surface area contributed by atoms with Gasteiger partial charge in [-0.25, -0.2) is 18.6 Å². The highest BCUT2D eigenvalue weighted by Gasteiger charge is 2.61. The van der Waals surface area contributed by atoms with Crippen molar-refractivity contribution < 1.29 is 23.1 Å². The molecule has 1 atom stereocenters. The van der Waals surface area contributed by atoms with Gasteiger partial charge in [-0.2, -0.15) is 0 Å². The molecule has 0 unspecified atom stereocenters. The number of likely N-dealkylation sites (tertiary alicyclic amines) is 1. The number of anilines is 1. The standard InChI is InChI=1S/C20H24F2N4O3/c21-20(22)9-19(10-20)11-26(12-19)16-3-1-13(5-23-16)14-6-25(7-14)17(27)4-2-15-8-29-18(28)24-15/h1,3,5,14-15H,2,4,6-12H2,(H,24,28)/t15-/m1/s1. The molecular weight excluding hydrogens is 382 g/mol. The minimum atomic E-state index is -2.48. The zero-order chi connectivity index (χ0) is 20.2. The predicted molar refractivity (Wildman–Crippen MR) is 99.9 cm³/mol. The molecule has 0 aromatic carbocycles. The van der Waals surface area contributed by atoms with E-state index in [4.69, 9.17) is 4.74 Å². The molecule has 1 aromatic rings. The van der Waals surface area contributed by atoms with Crippen LogP contribution in [0.1, 0.15) is 37.2 Å². The number of ether oxygens (including phenoxy) is 1. The van der Waals surface area contributed by atoms with Crippen LogP contribution in [0.25, 0.3) is 0 Å². The molecule has 1 aromatic heterocycles. The summed E-state index contributed by atoms with van der Waals surface area (Å²) >= 11 is 0. The SMILES string of the molecule is O=C1N[C@H](CCC(=O)N2CC(c3ccc(N4CC5(C4)CC(F)(F)C5)nc3)C2)CO1. The van der Waals surface area contributed by atoms with Gasteiger partial charge in [0, 0.05) is 63.0 Å². The van der Waals surface area contributed by atoms with Crippen molar-refractivity contribution in [2.75, 3.05) is 37.7 Å². The van der Waals surface area contributed by atoms with Crippen LogP contribution in [0.2, 0.25) is 0 Å². The summed E-state index contributed by atoms with van der Waals surface area (Å²) in [5.74, 6) is -1.27.